The highest BCUT2D eigenvalue weighted by Gasteiger charge is 2.15. The van der Waals surface area contributed by atoms with Crippen molar-refractivity contribution in [1.29, 1.82) is 0 Å². The van der Waals surface area contributed by atoms with Crippen LogP contribution in [0.4, 0.5) is 0 Å². The maximum Gasteiger partial charge on any atom is 0.118 e. The zero-order valence-electron chi connectivity index (χ0n) is 13.0. The van der Waals surface area contributed by atoms with Crippen LogP contribution in [0.15, 0.2) is 46.9 Å². The van der Waals surface area contributed by atoms with Crippen LogP contribution in [0.3, 0.4) is 0 Å². The number of hydrogen-bond donors (Lipinski definition) is 0. The lowest BCUT2D eigenvalue weighted by molar-refractivity contribution is 0.414. The molecule has 22 heavy (non-hydrogen) atoms. The molecule has 0 aliphatic rings. The maximum atomic E-state index is 5.21. The zero-order valence-corrected chi connectivity index (χ0v) is 14.6. The minimum Gasteiger partial charge on any atom is -0.497 e. The minimum absolute atomic E-state index is 0.387. The van der Waals surface area contributed by atoms with Gasteiger partial charge in [0.1, 0.15) is 5.75 Å². The van der Waals surface area contributed by atoms with E-state index in [0.29, 0.717) is 5.92 Å². The summed E-state index contributed by atoms with van der Waals surface area (Å²) < 4.78 is 8.40. The Morgan fingerprint density at radius 1 is 1.14 bits per heavy atom. The first-order valence-electron chi connectivity index (χ1n) is 7.38. The molecule has 3 aromatic rings. The molecule has 0 radical (unpaired) electrons. The van der Waals surface area contributed by atoms with Crippen molar-refractivity contribution < 1.29 is 4.74 Å². The van der Waals surface area contributed by atoms with Gasteiger partial charge in [0.15, 0.2) is 0 Å². The van der Waals surface area contributed by atoms with Crippen molar-refractivity contribution in [2.75, 3.05) is 7.11 Å². The first-order valence-corrected chi connectivity index (χ1v) is 8.17. The molecule has 4 heteroatoms. The summed E-state index contributed by atoms with van der Waals surface area (Å²) in [6.45, 7) is 5.11. The Morgan fingerprint density at radius 2 is 1.86 bits per heavy atom. The number of fused-ring (bicyclic) bond motifs is 1. The lowest BCUT2D eigenvalue weighted by atomic mass is 10.1. The summed E-state index contributed by atoms with van der Waals surface area (Å²) in [5, 5.41) is 6.06. The standard InChI is InChI=1S/C18H19BrN2O/c1-12(2)18-17-15(19)5-4-6-16(17)21(20-18)11-13-7-9-14(22-3)10-8-13/h4-10,12H,11H2,1-3H3. The van der Waals surface area contributed by atoms with Crippen LogP contribution >= 0.6 is 15.9 Å². The van der Waals surface area contributed by atoms with Crippen LogP contribution in [-0.2, 0) is 6.54 Å². The molecule has 0 aliphatic heterocycles. The molecule has 0 aliphatic carbocycles. The van der Waals surface area contributed by atoms with Gasteiger partial charge in [0.05, 0.1) is 24.9 Å². The van der Waals surface area contributed by atoms with Crippen LogP contribution in [0.1, 0.15) is 31.0 Å². The predicted molar refractivity (Wildman–Crippen MR) is 93.6 cm³/mol. The average Bonchev–Trinajstić information content (AvgIpc) is 2.89. The second-order valence-electron chi connectivity index (χ2n) is 5.68. The van der Waals surface area contributed by atoms with Crippen molar-refractivity contribution in [2.24, 2.45) is 0 Å². The molecule has 0 fully saturated rings. The van der Waals surface area contributed by atoms with Gasteiger partial charge in [0.2, 0.25) is 0 Å². The summed E-state index contributed by atoms with van der Waals surface area (Å²) in [4.78, 5) is 0. The molecular weight excluding hydrogens is 340 g/mol. The van der Waals surface area contributed by atoms with E-state index in [0.717, 1.165) is 28.0 Å². The topological polar surface area (TPSA) is 27.1 Å². The minimum atomic E-state index is 0.387. The van der Waals surface area contributed by atoms with Gasteiger partial charge in [-0.1, -0.05) is 48.0 Å². The molecule has 3 nitrogen and oxygen atoms in total. The smallest absolute Gasteiger partial charge is 0.118 e. The van der Waals surface area contributed by atoms with Gasteiger partial charge in [-0.25, -0.2) is 0 Å². The lowest BCUT2D eigenvalue weighted by Crippen LogP contribution is -2.02. The first kappa shape index (κ1) is 15.1. The quantitative estimate of drug-likeness (QED) is 0.657. The monoisotopic (exact) mass is 358 g/mol. The van der Waals surface area contributed by atoms with Crippen molar-refractivity contribution in [3.63, 3.8) is 0 Å². The molecule has 3 rings (SSSR count). The SMILES string of the molecule is COc1ccc(Cn2nc(C(C)C)c3c(Br)cccc32)cc1. The van der Waals surface area contributed by atoms with Crippen LogP contribution in [0, 0.1) is 0 Å². The van der Waals surface area contributed by atoms with E-state index in [1.165, 1.54) is 10.9 Å². The summed E-state index contributed by atoms with van der Waals surface area (Å²) in [5.41, 5.74) is 3.50. The average molecular weight is 359 g/mol. The number of aromatic nitrogens is 2. The Bertz CT molecular complexity index is 791. The van der Waals surface area contributed by atoms with Crippen molar-refractivity contribution in [1.82, 2.24) is 9.78 Å². The fourth-order valence-corrected chi connectivity index (χ4v) is 3.20. The summed E-state index contributed by atoms with van der Waals surface area (Å²) in [6.07, 6.45) is 0. The Morgan fingerprint density at radius 3 is 2.50 bits per heavy atom. The zero-order chi connectivity index (χ0) is 15.7. The molecule has 114 valence electrons. The van der Waals surface area contributed by atoms with Gasteiger partial charge in [-0.15, -0.1) is 0 Å². The van der Waals surface area contributed by atoms with Gasteiger partial charge in [-0.05, 0) is 35.7 Å². The third kappa shape index (κ3) is 2.75. The van der Waals surface area contributed by atoms with Crippen LogP contribution in [0.2, 0.25) is 0 Å². The molecule has 0 spiro atoms. The molecule has 0 atom stereocenters. The highest BCUT2D eigenvalue weighted by molar-refractivity contribution is 9.10. The second-order valence-corrected chi connectivity index (χ2v) is 6.53. The van der Waals surface area contributed by atoms with Gasteiger partial charge >= 0.3 is 0 Å². The van der Waals surface area contributed by atoms with Crippen LogP contribution in [0.25, 0.3) is 10.9 Å². The number of nitrogens with zero attached hydrogens (tertiary/aromatic N) is 2. The Hall–Kier alpha value is -1.81. The number of rotatable bonds is 4. The largest absolute Gasteiger partial charge is 0.497 e. The normalized spacial score (nSPS) is 11.3. The van der Waals surface area contributed by atoms with E-state index in [2.05, 4.69) is 64.8 Å². The Kier molecular flexibility index (Phi) is 4.21. The maximum absolute atomic E-state index is 5.21. The Labute approximate surface area is 139 Å². The van der Waals surface area contributed by atoms with E-state index in [9.17, 15) is 0 Å². The van der Waals surface area contributed by atoms with Crippen molar-refractivity contribution >= 4 is 26.8 Å². The van der Waals surface area contributed by atoms with E-state index in [1.54, 1.807) is 7.11 Å². The van der Waals surface area contributed by atoms with Gasteiger partial charge in [-0.3, -0.25) is 4.68 Å². The predicted octanol–water partition coefficient (Wildman–Crippen LogP) is 4.98. The van der Waals surface area contributed by atoms with Crippen molar-refractivity contribution in [3.05, 3.63) is 58.2 Å². The molecule has 0 saturated heterocycles. The molecule has 0 amide bonds. The molecule has 0 bridgehead atoms. The third-order valence-corrected chi connectivity index (χ3v) is 4.45. The van der Waals surface area contributed by atoms with Crippen LogP contribution < -0.4 is 4.74 Å². The molecule has 1 heterocycles. The number of hydrogen-bond acceptors (Lipinski definition) is 2. The van der Waals surface area contributed by atoms with E-state index >= 15 is 0 Å². The lowest BCUT2D eigenvalue weighted by Gasteiger charge is -2.05. The molecule has 0 N–H and O–H groups in total. The summed E-state index contributed by atoms with van der Waals surface area (Å²) >= 11 is 3.66. The Balaban J connectivity index is 2.05. The first-order chi connectivity index (χ1) is 10.6. The summed E-state index contributed by atoms with van der Waals surface area (Å²) in [6, 6.07) is 14.4. The number of benzene rings is 2. The number of methoxy groups -OCH3 is 1. The molecule has 1 aromatic heterocycles. The van der Waals surface area contributed by atoms with Crippen molar-refractivity contribution in [2.45, 2.75) is 26.3 Å². The molecular formula is C18H19BrN2O. The van der Waals surface area contributed by atoms with E-state index in [-0.39, 0.29) is 0 Å². The molecule has 2 aromatic carbocycles. The second kappa shape index (κ2) is 6.13. The number of halogens is 1. The van der Waals surface area contributed by atoms with Crippen LogP contribution in [0.5, 0.6) is 5.75 Å². The van der Waals surface area contributed by atoms with Gasteiger partial charge in [0, 0.05) is 9.86 Å². The molecule has 0 unspecified atom stereocenters. The van der Waals surface area contributed by atoms with E-state index in [4.69, 9.17) is 9.84 Å². The highest BCUT2D eigenvalue weighted by Crippen LogP contribution is 2.31. The fraction of sp³-hybridized carbons (Fsp3) is 0.278. The van der Waals surface area contributed by atoms with Crippen molar-refractivity contribution in [3.8, 4) is 5.75 Å². The fourth-order valence-electron chi connectivity index (χ4n) is 2.64. The molecule has 0 saturated carbocycles. The van der Waals surface area contributed by atoms with E-state index < -0.39 is 0 Å². The van der Waals surface area contributed by atoms with Gasteiger partial charge in [0.25, 0.3) is 0 Å². The summed E-state index contributed by atoms with van der Waals surface area (Å²) in [7, 11) is 1.68. The highest BCUT2D eigenvalue weighted by atomic mass is 79.9. The third-order valence-electron chi connectivity index (χ3n) is 3.79. The number of ether oxygens (including phenoxy) is 1. The summed E-state index contributed by atoms with van der Waals surface area (Å²) in [5.74, 6) is 1.26. The van der Waals surface area contributed by atoms with Gasteiger partial charge in [-0.2, -0.15) is 5.10 Å². The van der Waals surface area contributed by atoms with Gasteiger partial charge < -0.3 is 4.74 Å². The van der Waals surface area contributed by atoms with E-state index in [1.807, 2.05) is 12.1 Å². The van der Waals surface area contributed by atoms with Crippen LogP contribution in [-0.4, -0.2) is 16.9 Å².